The summed E-state index contributed by atoms with van der Waals surface area (Å²) >= 11 is 4.12. The van der Waals surface area contributed by atoms with Crippen molar-refractivity contribution in [2.75, 3.05) is 19.4 Å². The van der Waals surface area contributed by atoms with Crippen LogP contribution in [0.4, 0.5) is 4.79 Å². The lowest BCUT2D eigenvalue weighted by Crippen LogP contribution is -2.31. The molecule has 0 spiro atoms. The second kappa shape index (κ2) is 7.17. The van der Waals surface area contributed by atoms with Gasteiger partial charge in [0.25, 0.3) is 5.91 Å². The lowest BCUT2D eigenvalue weighted by Gasteiger charge is -2.10. The highest BCUT2D eigenvalue weighted by molar-refractivity contribution is 7.80. The van der Waals surface area contributed by atoms with Crippen LogP contribution in [-0.2, 0) is 4.79 Å². The van der Waals surface area contributed by atoms with E-state index >= 15 is 0 Å². The Kier molecular flexibility index (Phi) is 5.27. The first-order valence-corrected chi connectivity index (χ1v) is 7.39. The van der Waals surface area contributed by atoms with E-state index in [1.165, 1.54) is 4.90 Å². The number of rotatable bonds is 6. The fourth-order valence-corrected chi connectivity index (χ4v) is 2.32. The highest BCUT2D eigenvalue weighted by atomic mass is 32.1. The number of urea groups is 1. The molecule has 6 heteroatoms. The third-order valence-corrected chi connectivity index (χ3v) is 3.51. The number of carbonyl (C=O) groups is 2. The Balaban J connectivity index is 2.16. The molecule has 3 amide bonds. The number of benzene rings is 1. The number of unbranched alkanes of at least 4 members (excludes halogenated alkanes) is 1. The van der Waals surface area contributed by atoms with Crippen LogP contribution in [0.3, 0.4) is 0 Å². The predicted octanol–water partition coefficient (Wildman–Crippen LogP) is 2.30. The maximum absolute atomic E-state index is 12.2. The number of para-hydroxylation sites is 1. The molecule has 1 saturated heterocycles. The number of amides is 3. The molecule has 5 nitrogen and oxygen atoms in total. The summed E-state index contributed by atoms with van der Waals surface area (Å²) in [5.41, 5.74) is 1.02. The second-order valence-electron chi connectivity index (χ2n) is 4.62. The van der Waals surface area contributed by atoms with Gasteiger partial charge in [-0.15, -0.1) is 0 Å². The van der Waals surface area contributed by atoms with E-state index in [0.717, 1.165) is 24.2 Å². The summed E-state index contributed by atoms with van der Waals surface area (Å²) in [4.78, 5) is 25.3. The quantitative estimate of drug-likeness (QED) is 0.367. The Morgan fingerprint density at radius 2 is 2.05 bits per heavy atom. The van der Waals surface area contributed by atoms with Crippen molar-refractivity contribution in [2.45, 2.75) is 12.8 Å². The smallest absolute Gasteiger partial charge is 0.329 e. The van der Waals surface area contributed by atoms with Crippen LogP contribution < -0.4 is 10.1 Å². The average Bonchev–Trinajstić information content (AvgIpc) is 2.75. The van der Waals surface area contributed by atoms with Crippen LogP contribution >= 0.6 is 12.6 Å². The first-order chi connectivity index (χ1) is 10.2. The Morgan fingerprint density at radius 3 is 2.76 bits per heavy atom. The summed E-state index contributed by atoms with van der Waals surface area (Å²) < 4.78 is 5.23. The van der Waals surface area contributed by atoms with Gasteiger partial charge in [0.05, 0.1) is 7.11 Å². The van der Waals surface area contributed by atoms with E-state index in [4.69, 9.17) is 4.74 Å². The van der Waals surface area contributed by atoms with Gasteiger partial charge < -0.3 is 10.1 Å². The lowest BCUT2D eigenvalue weighted by molar-refractivity contribution is -0.122. The molecule has 1 aromatic carbocycles. The van der Waals surface area contributed by atoms with Crippen LogP contribution in [0.15, 0.2) is 30.0 Å². The summed E-state index contributed by atoms with van der Waals surface area (Å²) in [7, 11) is 1.57. The highest BCUT2D eigenvalue weighted by Crippen LogP contribution is 2.22. The summed E-state index contributed by atoms with van der Waals surface area (Å²) in [6.07, 6.45) is 3.26. The summed E-state index contributed by atoms with van der Waals surface area (Å²) in [5, 5.41) is 2.60. The molecule has 1 aromatic rings. The number of nitrogens with zero attached hydrogens (tertiary/aromatic N) is 1. The van der Waals surface area contributed by atoms with Crippen molar-refractivity contribution in [1.82, 2.24) is 10.2 Å². The third kappa shape index (κ3) is 3.58. The summed E-state index contributed by atoms with van der Waals surface area (Å²) in [5.74, 6) is 1.10. The Bertz CT molecular complexity index is 572. The molecule has 21 heavy (non-hydrogen) atoms. The molecule has 0 aromatic heterocycles. The zero-order chi connectivity index (χ0) is 15.2. The minimum Gasteiger partial charge on any atom is -0.496 e. The Labute approximate surface area is 129 Å². The molecule has 1 aliphatic rings. The SMILES string of the molecule is COc1ccccc1/C=C1\NC(=O)N(CCCCS)C1=O. The molecule has 0 saturated carbocycles. The normalized spacial score (nSPS) is 16.5. The molecule has 2 rings (SSSR count). The fourth-order valence-electron chi connectivity index (χ4n) is 2.10. The molecule has 1 N–H and O–H groups in total. The molecule has 0 radical (unpaired) electrons. The standard InChI is InChI=1S/C15H18N2O3S/c1-20-13-7-3-2-6-11(13)10-12-14(18)17(15(19)16-12)8-4-5-9-21/h2-3,6-7,10,21H,4-5,8-9H2,1H3,(H,16,19)/b12-10-. The third-order valence-electron chi connectivity index (χ3n) is 3.19. The number of carbonyl (C=O) groups excluding carboxylic acids is 2. The molecule has 0 aliphatic carbocycles. The van der Waals surface area contributed by atoms with Crippen LogP contribution in [0.25, 0.3) is 6.08 Å². The van der Waals surface area contributed by atoms with Crippen LogP contribution in [0.1, 0.15) is 18.4 Å². The van der Waals surface area contributed by atoms with Crippen molar-refractivity contribution in [3.63, 3.8) is 0 Å². The number of ether oxygens (including phenoxy) is 1. The molecule has 112 valence electrons. The minimum absolute atomic E-state index is 0.273. The molecule has 1 heterocycles. The van der Waals surface area contributed by atoms with Gasteiger partial charge in [-0.3, -0.25) is 9.69 Å². The van der Waals surface area contributed by atoms with Gasteiger partial charge >= 0.3 is 6.03 Å². The van der Waals surface area contributed by atoms with E-state index in [0.29, 0.717) is 12.3 Å². The van der Waals surface area contributed by atoms with E-state index in [1.54, 1.807) is 19.3 Å². The number of hydrogen-bond donors (Lipinski definition) is 2. The van der Waals surface area contributed by atoms with Gasteiger partial charge in [-0.05, 0) is 30.7 Å². The van der Waals surface area contributed by atoms with Crippen molar-refractivity contribution < 1.29 is 14.3 Å². The average molecular weight is 306 g/mol. The fraction of sp³-hybridized carbons (Fsp3) is 0.333. The molecule has 0 bridgehead atoms. The first kappa shape index (κ1) is 15.4. The second-order valence-corrected chi connectivity index (χ2v) is 5.06. The van der Waals surface area contributed by atoms with Gasteiger partial charge in [0.15, 0.2) is 0 Å². The largest absolute Gasteiger partial charge is 0.496 e. The Morgan fingerprint density at radius 1 is 1.29 bits per heavy atom. The Hall–Kier alpha value is -1.95. The molecule has 0 unspecified atom stereocenters. The van der Waals surface area contributed by atoms with Gasteiger partial charge in [0.1, 0.15) is 11.4 Å². The zero-order valence-electron chi connectivity index (χ0n) is 11.8. The number of hydrogen-bond acceptors (Lipinski definition) is 4. The van der Waals surface area contributed by atoms with E-state index in [1.807, 2.05) is 18.2 Å². The maximum atomic E-state index is 12.2. The number of methoxy groups -OCH3 is 1. The summed E-state index contributed by atoms with van der Waals surface area (Å²) in [6, 6.07) is 6.95. The van der Waals surface area contributed by atoms with E-state index < -0.39 is 0 Å². The van der Waals surface area contributed by atoms with E-state index in [9.17, 15) is 9.59 Å². The van der Waals surface area contributed by atoms with Crippen LogP contribution in [-0.4, -0.2) is 36.2 Å². The first-order valence-electron chi connectivity index (χ1n) is 6.75. The molecule has 1 fully saturated rings. The van der Waals surface area contributed by atoms with Crippen molar-refractivity contribution in [3.8, 4) is 5.75 Å². The zero-order valence-corrected chi connectivity index (χ0v) is 12.7. The number of nitrogens with one attached hydrogen (secondary N) is 1. The van der Waals surface area contributed by atoms with Crippen LogP contribution in [0, 0.1) is 0 Å². The molecule has 1 aliphatic heterocycles. The predicted molar refractivity (Wildman–Crippen MR) is 84.3 cm³/mol. The minimum atomic E-state index is -0.375. The topological polar surface area (TPSA) is 58.6 Å². The van der Waals surface area contributed by atoms with Crippen molar-refractivity contribution in [1.29, 1.82) is 0 Å². The maximum Gasteiger partial charge on any atom is 0.329 e. The molecular weight excluding hydrogens is 288 g/mol. The van der Waals surface area contributed by atoms with Gasteiger partial charge in [0, 0.05) is 12.1 Å². The van der Waals surface area contributed by atoms with Crippen molar-refractivity contribution in [3.05, 3.63) is 35.5 Å². The number of imide groups is 1. The van der Waals surface area contributed by atoms with Crippen LogP contribution in [0.2, 0.25) is 0 Å². The highest BCUT2D eigenvalue weighted by Gasteiger charge is 2.32. The van der Waals surface area contributed by atoms with Gasteiger partial charge in [-0.1, -0.05) is 18.2 Å². The van der Waals surface area contributed by atoms with Gasteiger partial charge in [-0.25, -0.2) is 4.79 Å². The molecular formula is C15H18N2O3S. The molecule has 0 atom stereocenters. The summed E-state index contributed by atoms with van der Waals surface area (Å²) in [6.45, 7) is 0.411. The van der Waals surface area contributed by atoms with Crippen LogP contribution in [0.5, 0.6) is 5.75 Å². The van der Waals surface area contributed by atoms with E-state index in [-0.39, 0.29) is 17.6 Å². The number of thiol groups is 1. The van der Waals surface area contributed by atoms with Gasteiger partial charge in [0.2, 0.25) is 0 Å². The van der Waals surface area contributed by atoms with E-state index in [2.05, 4.69) is 17.9 Å². The van der Waals surface area contributed by atoms with Gasteiger partial charge in [-0.2, -0.15) is 12.6 Å². The lowest BCUT2D eigenvalue weighted by atomic mass is 10.1. The van der Waals surface area contributed by atoms with Crippen molar-refractivity contribution >= 4 is 30.6 Å². The van der Waals surface area contributed by atoms with Crippen molar-refractivity contribution in [2.24, 2.45) is 0 Å². The monoisotopic (exact) mass is 306 g/mol.